The van der Waals surface area contributed by atoms with Crippen molar-refractivity contribution in [1.29, 1.82) is 0 Å². The number of aryl methyl sites for hydroxylation is 1. The summed E-state index contributed by atoms with van der Waals surface area (Å²) in [6.07, 6.45) is 3.39. The number of hydrogen-bond donors (Lipinski definition) is 2. The van der Waals surface area contributed by atoms with Crippen LogP contribution in [0.25, 0.3) is 17.0 Å². The first-order valence-electron chi connectivity index (χ1n) is 7.52. The average Bonchev–Trinajstić information content (AvgIpc) is 2.97. The number of hydrogen-bond acceptors (Lipinski definition) is 5. The van der Waals surface area contributed by atoms with Gasteiger partial charge >= 0.3 is 0 Å². The Hall–Kier alpha value is -2.67. The van der Waals surface area contributed by atoms with Crippen LogP contribution in [0.5, 0.6) is 0 Å². The zero-order valence-corrected chi connectivity index (χ0v) is 14.3. The van der Waals surface area contributed by atoms with E-state index >= 15 is 0 Å². The van der Waals surface area contributed by atoms with Crippen molar-refractivity contribution in [2.75, 3.05) is 5.32 Å². The molecule has 0 aliphatic carbocycles. The minimum absolute atomic E-state index is 0.332. The maximum atomic E-state index is 12.4. The first-order valence-corrected chi connectivity index (χ1v) is 9.01. The fourth-order valence-corrected chi connectivity index (χ4v) is 4.18. The molecule has 0 fully saturated rings. The second-order valence-electron chi connectivity index (χ2n) is 5.97. The minimum atomic E-state index is -3.39. The van der Waals surface area contributed by atoms with E-state index in [0.29, 0.717) is 15.4 Å². The zero-order valence-electron chi connectivity index (χ0n) is 13.5. The molecule has 7 heteroatoms. The molecule has 0 amide bonds. The molecule has 0 saturated heterocycles. The highest BCUT2D eigenvalue weighted by Crippen LogP contribution is 2.37. The van der Waals surface area contributed by atoms with Crippen molar-refractivity contribution in [3.63, 3.8) is 0 Å². The van der Waals surface area contributed by atoms with E-state index in [0.717, 1.165) is 33.7 Å². The zero-order chi connectivity index (χ0) is 17.1. The lowest BCUT2D eigenvalue weighted by Crippen LogP contribution is -2.00. The second kappa shape index (κ2) is 4.91. The predicted molar refractivity (Wildman–Crippen MR) is 93.9 cm³/mol. The highest BCUT2D eigenvalue weighted by Gasteiger charge is 2.27. The van der Waals surface area contributed by atoms with Gasteiger partial charge in [-0.1, -0.05) is 0 Å². The lowest BCUT2D eigenvalue weighted by Gasteiger charge is -2.10. The van der Waals surface area contributed by atoms with Gasteiger partial charge in [0, 0.05) is 27.7 Å². The van der Waals surface area contributed by atoms with Gasteiger partial charge in [-0.25, -0.2) is 8.42 Å². The van der Waals surface area contributed by atoms with Gasteiger partial charge in [0.2, 0.25) is 9.84 Å². The Labute approximate surface area is 139 Å². The summed E-state index contributed by atoms with van der Waals surface area (Å²) in [7, 11) is -3.39. The Morgan fingerprint density at radius 3 is 2.67 bits per heavy atom. The molecule has 1 aliphatic rings. The molecule has 4 rings (SSSR count). The Bertz CT molecular complexity index is 1130. The fraction of sp³-hybridized carbons (Fsp3) is 0.176. The van der Waals surface area contributed by atoms with Crippen molar-refractivity contribution in [3.05, 3.63) is 46.1 Å². The molecule has 0 unspecified atom stereocenters. The van der Waals surface area contributed by atoms with E-state index in [4.69, 9.17) is 0 Å². The molecule has 122 valence electrons. The number of sulfone groups is 1. The van der Waals surface area contributed by atoms with Crippen LogP contribution in [0.4, 0.5) is 11.5 Å². The number of aromatic amines is 1. The van der Waals surface area contributed by atoms with Crippen molar-refractivity contribution in [2.24, 2.45) is 0 Å². The summed E-state index contributed by atoms with van der Waals surface area (Å²) in [6, 6.07) is 5.32. The fourth-order valence-electron chi connectivity index (χ4n) is 2.85. The van der Waals surface area contributed by atoms with Crippen molar-refractivity contribution < 1.29 is 8.42 Å². The summed E-state index contributed by atoms with van der Waals surface area (Å²) in [5, 5.41) is 11.2. The Morgan fingerprint density at radius 2 is 1.96 bits per heavy atom. The molecule has 0 saturated carbocycles. The maximum Gasteiger partial charge on any atom is 0.203 e. The van der Waals surface area contributed by atoms with Crippen LogP contribution in [-0.4, -0.2) is 23.6 Å². The number of H-pyrrole nitrogens is 1. The smallest absolute Gasteiger partial charge is 0.203 e. The van der Waals surface area contributed by atoms with E-state index in [1.54, 1.807) is 25.3 Å². The lowest BCUT2D eigenvalue weighted by molar-refractivity contribution is 0.603. The highest BCUT2D eigenvalue weighted by molar-refractivity contribution is 7.95. The number of benzene rings is 1. The number of anilines is 2. The third kappa shape index (κ3) is 2.05. The molecular weight excluding hydrogens is 324 g/mol. The molecule has 1 aliphatic heterocycles. The van der Waals surface area contributed by atoms with E-state index in [2.05, 4.69) is 20.5 Å². The van der Waals surface area contributed by atoms with Crippen LogP contribution in [0.2, 0.25) is 0 Å². The molecule has 1 aromatic carbocycles. The molecule has 2 N–H and O–H groups in total. The summed E-state index contributed by atoms with van der Waals surface area (Å²) < 4.78 is 24.9. The predicted octanol–water partition coefficient (Wildman–Crippen LogP) is 3.47. The molecule has 0 atom stereocenters. The van der Waals surface area contributed by atoms with Gasteiger partial charge in [-0.15, -0.1) is 0 Å². The van der Waals surface area contributed by atoms with E-state index in [9.17, 15) is 8.42 Å². The molecule has 3 aromatic rings. The topological polar surface area (TPSA) is 87.7 Å². The van der Waals surface area contributed by atoms with E-state index < -0.39 is 9.84 Å². The van der Waals surface area contributed by atoms with Gasteiger partial charge in [0.15, 0.2) is 5.82 Å². The van der Waals surface area contributed by atoms with Crippen molar-refractivity contribution in [1.82, 2.24) is 15.2 Å². The number of pyridine rings is 1. The van der Waals surface area contributed by atoms with Gasteiger partial charge in [-0.3, -0.25) is 10.1 Å². The number of nitrogens with zero attached hydrogens (tertiary/aromatic N) is 2. The quantitative estimate of drug-likeness (QED) is 0.746. The van der Waals surface area contributed by atoms with Crippen molar-refractivity contribution in [2.45, 2.75) is 25.7 Å². The van der Waals surface area contributed by atoms with Gasteiger partial charge in [0.1, 0.15) is 0 Å². The van der Waals surface area contributed by atoms with Crippen LogP contribution in [-0.2, 0) is 9.84 Å². The molecular formula is C17H16N4O2S. The lowest BCUT2D eigenvalue weighted by atomic mass is 10.1. The van der Waals surface area contributed by atoms with Crippen LogP contribution in [0, 0.1) is 13.8 Å². The normalized spacial score (nSPS) is 15.4. The van der Waals surface area contributed by atoms with Gasteiger partial charge in [-0.05, 0) is 50.6 Å². The third-order valence-electron chi connectivity index (χ3n) is 4.45. The van der Waals surface area contributed by atoms with E-state index in [1.165, 1.54) is 0 Å². The van der Waals surface area contributed by atoms with Gasteiger partial charge in [-0.2, -0.15) is 5.10 Å². The van der Waals surface area contributed by atoms with Gasteiger partial charge in [0.05, 0.1) is 16.1 Å². The molecule has 2 aromatic heterocycles. The number of rotatable bonds is 2. The monoisotopic (exact) mass is 340 g/mol. The van der Waals surface area contributed by atoms with Crippen LogP contribution in [0.15, 0.2) is 34.2 Å². The van der Waals surface area contributed by atoms with Crippen LogP contribution >= 0.6 is 0 Å². The minimum Gasteiger partial charge on any atom is -0.338 e. The van der Waals surface area contributed by atoms with E-state index in [1.807, 2.05) is 26.0 Å². The highest BCUT2D eigenvalue weighted by atomic mass is 32.2. The van der Waals surface area contributed by atoms with Crippen LogP contribution in [0.1, 0.15) is 23.7 Å². The summed E-state index contributed by atoms with van der Waals surface area (Å²) in [5.41, 5.74) is 4.21. The second-order valence-corrected chi connectivity index (χ2v) is 8.06. The summed E-state index contributed by atoms with van der Waals surface area (Å²) >= 11 is 0. The molecule has 0 radical (unpaired) electrons. The van der Waals surface area contributed by atoms with E-state index in [-0.39, 0.29) is 0 Å². The van der Waals surface area contributed by atoms with Crippen LogP contribution < -0.4 is 5.32 Å². The maximum absolute atomic E-state index is 12.4. The molecule has 3 heterocycles. The summed E-state index contributed by atoms with van der Waals surface area (Å²) in [4.78, 5) is 5.06. The van der Waals surface area contributed by atoms with Crippen molar-refractivity contribution >= 4 is 38.3 Å². The largest absolute Gasteiger partial charge is 0.338 e. The summed E-state index contributed by atoms with van der Waals surface area (Å²) in [5.74, 6) is 0.720. The van der Waals surface area contributed by atoms with Crippen LogP contribution in [0.3, 0.4) is 0 Å². The number of fused-ring (bicyclic) bond motifs is 2. The number of allylic oxidation sites excluding steroid dienone is 1. The third-order valence-corrected chi connectivity index (χ3v) is 6.35. The first-order chi connectivity index (χ1) is 11.4. The number of nitrogens with one attached hydrogen (secondary N) is 2. The summed E-state index contributed by atoms with van der Waals surface area (Å²) in [6.45, 7) is 5.54. The Kier molecular flexibility index (Phi) is 3.05. The Morgan fingerprint density at radius 1 is 1.17 bits per heavy atom. The standard InChI is InChI=1S/C17H16N4O2S/c1-9-6-12-7-15-13(8-16(12)24(9,22)23)14(4-5-18-15)19-17-10(2)11(3)20-21-17/h4-8H,1-3H3,(H2,18,19,20,21). The molecule has 6 nitrogen and oxygen atoms in total. The molecule has 0 spiro atoms. The van der Waals surface area contributed by atoms with Gasteiger partial charge in [0.25, 0.3) is 0 Å². The molecule has 24 heavy (non-hydrogen) atoms. The van der Waals surface area contributed by atoms with Gasteiger partial charge < -0.3 is 5.32 Å². The average molecular weight is 340 g/mol. The SMILES string of the molecule is CC1=Cc2cc3nccc(Nc4n[nH]c(C)c4C)c3cc2S1(=O)=O. The van der Waals surface area contributed by atoms with Crippen molar-refractivity contribution in [3.8, 4) is 0 Å². The Balaban J connectivity index is 1.90. The number of aromatic nitrogens is 3. The molecule has 0 bridgehead atoms. The first kappa shape index (κ1) is 14.9.